The van der Waals surface area contributed by atoms with Gasteiger partial charge in [-0.1, -0.05) is 35.3 Å². The van der Waals surface area contributed by atoms with Crippen molar-refractivity contribution in [2.45, 2.75) is 44.3 Å². The second-order valence-corrected chi connectivity index (χ2v) is 9.83. The minimum absolute atomic E-state index is 0.272. The fourth-order valence-electron chi connectivity index (χ4n) is 4.13. The Balaban J connectivity index is 1.51. The second kappa shape index (κ2) is 7.58. The molecule has 0 spiro atoms. The van der Waals surface area contributed by atoms with Gasteiger partial charge in [0, 0.05) is 5.69 Å². The molecule has 0 fully saturated rings. The average Bonchev–Trinajstić information content (AvgIpc) is 3.26. The van der Waals surface area contributed by atoms with Gasteiger partial charge >= 0.3 is 6.03 Å². The van der Waals surface area contributed by atoms with Crippen LogP contribution in [0.15, 0.2) is 24.3 Å². The van der Waals surface area contributed by atoms with Crippen LogP contribution in [0.1, 0.15) is 40.7 Å². The number of amides is 2. The van der Waals surface area contributed by atoms with E-state index in [-0.39, 0.29) is 10.8 Å². The first-order valence-electron chi connectivity index (χ1n) is 9.24. The summed E-state index contributed by atoms with van der Waals surface area (Å²) in [5, 5.41) is 3.45. The van der Waals surface area contributed by atoms with E-state index >= 15 is 0 Å². The molecule has 0 radical (unpaired) electrons. The van der Waals surface area contributed by atoms with Gasteiger partial charge in [-0.15, -0.1) is 0 Å². The van der Waals surface area contributed by atoms with Gasteiger partial charge in [0.2, 0.25) is 10.0 Å². The van der Waals surface area contributed by atoms with Gasteiger partial charge in [-0.25, -0.2) is 17.9 Å². The molecule has 0 atom stereocenters. The summed E-state index contributed by atoms with van der Waals surface area (Å²) in [6.45, 7) is 0. The summed E-state index contributed by atoms with van der Waals surface area (Å²) in [5.74, 6) is -0.359. The number of sulfonamides is 1. The number of carbonyl (C=O) groups is 1. The molecule has 2 aromatic rings. The summed E-state index contributed by atoms with van der Waals surface area (Å²) in [4.78, 5) is 12.5. The van der Waals surface area contributed by atoms with Gasteiger partial charge in [0.25, 0.3) is 0 Å². The maximum atomic E-state index is 12.5. The molecule has 2 aliphatic rings. The maximum Gasteiger partial charge on any atom is 0.332 e. The molecule has 0 saturated carbocycles. The molecule has 0 saturated heterocycles. The third kappa shape index (κ3) is 4.00. The SMILES string of the molecule is O=C(Nc1c2c(cc3c1CCC3)CCC2)NS(=O)(=O)Cc1ccc(Cl)c(Cl)c1. The molecular weight excluding hydrogens is 419 g/mol. The standard InChI is InChI=1S/C20H20Cl2N2O3S/c21-17-8-7-12(9-18(17)22)11-28(26,27)24-20(25)23-19-15-5-1-3-13(15)10-14-4-2-6-16(14)19/h7-10H,1-6,11H2,(H2,23,24,25). The molecule has 0 unspecified atom stereocenters. The topological polar surface area (TPSA) is 75.3 Å². The fourth-order valence-corrected chi connectivity index (χ4v) is 5.48. The van der Waals surface area contributed by atoms with Crippen molar-refractivity contribution in [3.05, 3.63) is 62.1 Å². The Labute approximate surface area is 174 Å². The monoisotopic (exact) mass is 438 g/mol. The number of rotatable bonds is 4. The number of benzene rings is 2. The highest BCUT2D eigenvalue weighted by Gasteiger charge is 2.26. The number of urea groups is 1. The number of hydrogen-bond acceptors (Lipinski definition) is 3. The van der Waals surface area contributed by atoms with Gasteiger partial charge in [0.05, 0.1) is 15.8 Å². The number of fused-ring (bicyclic) bond motifs is 2. The molecule has 5 nitrogen and oxygen atoms in total. The Hall–Kier alpha value is -1.76. The minimum atomic E-state index is -3.88. The van der Waals surface area contributed by atoms with Crippen molar-refractivity contribution >= 4 is 44.9 Å². The summed E-state index contributed by atoms with van der Waals surface area (Å²) in [6, 6.07) is 6.12. The Morgan fingerprint density at radius 2 is 1.57 bits per heavy atom. The quantitative estimate of drug-likeness (QED) is 0.730. The molecule has 0 aliphatic heterocycles. The Kier molecular flexibility index (Phi) is 5.29. The predicted molar refractivity (Wildman–Crippen MR) is 112 cm³/mol. The zero-order valence-corrected chi connectivity index (χ0v) is 17.5. The normalized spacial score (nSPS) is 15.2. The lowest BCUT2D eigenvalue weighted by atomic mass is 9.99. The number of nitrogens with one attached hydrogen (secondary N) is 2. The molecule has 2 aliphatic carbocycles. The van der Waals surface area contributed by atoms with Crippen LogP contribution in [0, 0.1) is 0 Å². The van der Waals surface area contributed by atoms with Gasteiger partial charge in [-0.05, 0) is 78.5 Å². The van der Waals surface area contributed by atoms with Crippen molar-refractivity contribution in [1.29, 1.82) is 0 Å². The van der Waals surface area contributed by atoms with Gasteiger partial charge < -0.3 is 5.32 Å². The molecule has 0 bridgehead atoms. The zero-order valence-electron chi connectivity index (χ0n) is 15.1. The van der Waals surface area contributed by atoms with Crippen molar-refractivity contribution in [1.82, 2.24) is 4.72 Å². The van der Waals surface area contributed by atoms with Gasteiger partial charge in [-0.2, -0.15) is 0 Å². The molecule has 148 valence electrons. The summed E-state index contributed by atoms with van der Waals surface area (Å²) in [6.07, 6.45) is 5.96. The molecule has 2 N–H and O–H groups in total. The van der Waals surface area contributed by atoms with E-state index in [2.05, 4.69) is 16.1 Å². The Morgan fingerprint density at radius 3 is 2.18 bits per heavy atom. The highest BCUT2D eigenvalue weighted by molar-refractivity contribution is 7.89. The van der Waals surface area contributed by atoms with E-state index in [1.807, 2.05) is 0 Å². The first-order valence-corrected chi connectivity index (χ1v) is 11.6. The van der Waals surface area contributed by atoms with Crippen LogP contribution >= 0.6 is 23.2 Å². The van der Waals surface area contributed by atoms with E-state index in [9.17, 15) is 13.2 Å². The molecule has 8 heteroatoms. The number of aryl methyl sites for hydroxylation is 2. The van der Waals surface area contributed by atoms with Gasteiger partial charge in [0.15, 0.2) is 0 Å². The van der Waals surface area contributed by atoms with Crippen molar-refractivity contribution < 1.29 is 13.2 Å². The first kappa shape index (κ1) is 19.6. The third-order valence-electron chi connectivity index (χ3n) is 5.30. The van der Waals surface area contributed by atoms with E-state index in [1.165, 1.54) is 23.3 Å². The predicted octanol–water partition coefficient (Wildman–Crippen LogP) is 4.62. The summed E-state index contributed by atoms with van der Waals surface area (Å²) >= 11 is 11.8. The fraction of sp³-hybridized carbons (Fsp3) is 0.350. The molecule has 0 heterocycles. The minimum Gasteiger partial charge on any atom is -0.307 e. The maximum absolute atomic E-state index is 12.5. The molecule has 0 aromatic heterocycles. The smallest absolute Gasteiger partial charge is 0.307 e. The van der Waals surface area contributed by atoms with Crippen LogP contribution in [0.3, 0.4) is 0 Å². The summed E-state index contributed by atoms with van der Waals surface area (Å²) < 4.78 is 26.9. The van der Waals surface area contributed by atoms with Crippen LogP contribution in [-0.4, -0.2) is 14.4 Å². The molecule has 2 amide bonds. The lowest BCUT2D eigenvalue weighted by Crippen LogP contribution is -2.35. The van der Waals surface area contributed by atoms with Gasteiger partial charge in [0.1, 0.15) is 0 Å². The van der Waals surface area contributed by atoms with Gasteiger partial charge in [-0.3, -0.25) is 0 Å². The average molecular weight is 439 g/mol. The second-order valence-electron chi connectivity index (χ2n) is 7.30. The number of hydrogen-bond donors (Lipinski definition) is 2. The van der Waals surface area contributed by atoms with Crippen LogP contribution in [-0.2, 0) is 41.5 Å². The summed E-state index contributed by atoms with van der Waals surface area (Å²) in [5.41, 5.74) is 6.11. The number of halogens is 2. The van der Waals surface area contributed by atoms with Crippen LogP contribution in [0.25, 0.3) is 0 Å². The van der Waals surface area contributed by atoms with Crippen molar-refractivity contribution in [3.63, 3.8) is 0 Å². The highest BCUT2D eigenvalue weighted by atomic mass is 35.5. The number of anilines is 1. The van der Waals surface area contributed by atoms with Crippen LogP contribution < -0.4 is 10.0 Å². The zero-order chi connectivity index (χ0) is 19.9. The molecule has 2 aromatic carbocycles. The van der Waals surface area contributed by atoms with E-state index in [4.69, 9.17) is 23.2 Å². The number of carbonyl (C=O) groups excluding carboxylic acids is 1. The first-order chi connectivity index (χ1) is 13.3. The van der Waals surface area contributed by atoms with Crippen molar-refractivity contribution in [3.8, 4) is 0 Å². The lowest BCUT2D eigenvalue weighted by Gasteiger charge is -2.16. The van der Waals surface area contributed by atoms with E-state index in [0.29, 0.717) is 10.6 Å². The van der Waals surface area contributed by atoms with E-state index in [0.717, 1.165) is 55.3 Å². The molecule has 28 heavy (non-hydrogen) atoms. The Morgan fingerprint density at radius 1 is 0.929 bits per heavy atom. The van der Waals surface area contributed by atoms with E-state index < -0.39 is 16.1 Å². The molecular formula is C20H20Cl2N2O3S. The molecule has 4 rings (SSSR count). The van der Waals surface area contributed by atoms with Crippen molar-refractivity contribution in [2.24, 2.45) is 0 Å². The van der Waals surface area contributed by atoms with E-state index in [1.54, 1.807) is 6.07 Å². The van der Waals surface area contributed by atoms with Crippen LogP contribution in [0.5, 0.6) is 0 Å². The highest BCUT2D eigenvalue weighted by Crippen LogP contribution is 2.38. The lowest BCUT2D eigenvalue weighted by molar-refractivity contribution is 0.256. The largest absolute Gasteiger partial charge is 0.332 e. The van der Waals surface area contributed by atoms with Crippen molar-refractivity contribution in [2.75, 3.05) is 5.32 Å². The van der Waals surface area contributed by atoms with Crippen LogP contribution in [0.4, 0.5) is 10.5 Å². The Bertz CT molecular complexity index is 1040. The summed E-state index contributed by atoms with van der Waals surface area (Å²) in [7, 11) is -3.88. The van der Waals surface area contributed by atoms with Crippen LogP contribution in [0.2, 0.25) is 10.0 Å². The third-order valence-corrected chi connectivity index (χ3v) is 7.25.